The van der Waals surface area contributed by atoms with Crippen LogP contribution in [0, 0.1) is 0 Å². The molecule has 2 aromatic carbocycles. The summed E-state index contributed by atoms with van der Waals surface area (Å²) in [7, 11) is 0. The van der Waals surface area contributed by atoms with Gasteiger partial charge in [0.2, 0.25) is 11.0 Å². The monoisotopic (exact) mass is 455 g/mol. The molecule has 0 saturated carbocycles. The molecular weight excluding hydrogens is 430 g/mol. The van der Waals surface area contributed by atoms with E-state index in [1.54, 1.807) is 0 Å². The van der Waals surface area contributed by atoms with Gasteiger partial charge in [-0.15, -0.1) is 10.2 Å². The summed E-state index contributed by atoms with van der Waals surface area (Å²) < 4.78 is 6.35. The van der Waals surface area contributed by atoms with Crippen LogP contribution in [0.2, 0.25) is 0 Å². The molecule has 1 fully saturated rings. The molecule has 9 heteroatoms. The minimum atomic E-state index is -0.0645. The van der Waals surface area contributed by atoms with E-state index in [0.29, 0.717) is 11.7 Å². The number of ether oxygens (including phenoxy) is 1. The first kappa shape index (κ1) is 21.5. The molecule has 7 nitrogen and oxygen atoms in total. The van der Waals surface area contributed by atoms with Crippen LogP contribution in [0.15, 0.2) is 52.9 Å². The summed E-state index contributed by atoms with van der Waals surface area (Å²) in [6.07, 6.45) is 2.50. The highest BCUT2D eigenvalue weighted by atomic mass is 32.2. The third-order valence-electron chi connectivity index (χ3n) is 4.78. The number of anilines is 4. The quantitative estimate of drug-likeness (QED) is 0.439. The Morgan fingerprint density at radius 2 is 1.90 bits per heavy atom. The summed E-state index contributed by atoms with van der Waals surface area (Å²) in [5.41, 5.74) is 2.86. The molecule has 0 radical (unpaired) electrons. The van der Waals surface area contributed by atoms with Gasteiger partial charge in [0.05, 0.1) is 18.0 Å². The van der Waals surface area contributed by atoms with Gasteiger partial charge in [0.1, 0.15) is 5.75 Å². The topological polar surface area (TPSA) is 79.4 Å². The standard InChI is InChI=1S/C22H25N5O2S2/c1-2-29-19-8-4-3-7-18(19)24-21-25-26-22(31-21)30-15-20(28)23-16-9-11-17(12-10-16)27-13-5-6-14-27/h3-4,7-12H,2,5-6,13-15H2,1H3,(H,23,28)(H,24,25). The normalized spacial score (nSPS) is 13.3. The van der Waals surface area contributed by atoms with Crippen LogP contribution in [0.5, 0.6) is 5.75 Å². The number of thioether (sulfide) groups is 1. The van der Waals surface area contributed by atoms with E-state index in [4.69, 9.17) is 4.74 Å². The molecule has 1 aliphatic rings. The van der Waals surface area contributed by atoms with Crippen LogP contribution in [0.1, 0.15) is 19.8 Å². The van der Waals surface area contributed by atoms with Crippen molar-refractivity contribution in [1.29, 1.82) is 0 Å². The Labute approximate surface area is 190 Å². The second-order valence-corrected chi connectivity index (χ2v) is 9.21. The highest BCUT2D eigenvalue weighted by Crippen LogP contribution is 2.31. The van der Waals surface area contributed by atoms with E-state index in [0.717, 1.165) is 34.6 Å². The Morgan fingerprint density at radius 3 is 2.68 bits per heavy atom. The second kappa shape index (κ2) is 10.5. The molecule has 31 heavy (non-hydrogen) atoms. The van der Waals surface area contributed by atoms with Crippen molar-refractivity contribution in [2.75, 3.05) is 41.0 Å². The van der Waals surface area contributed by atoms with Gasteiger partial charge in [-0.2, -0.15) is 0 Å². The molecule has 4 rings (SSSR count). The molecule has 0 bridgehead atoms. The second-order valence-electron chi connectivity index (χ2n) is 7.01. The van der Waals surface area contributed by atoms with Gasteiger partial charge in [-0.1, -0.05) is 35.2 Å². The first-order valence-corrected chi connectivity index (χ1v) is 12.1. The number of hydrogen-bond acceptors (Lipinski definition) is 8. The van der Waals surface area contributed by atoms with E-state index >= 15 is 0 Å². The number of rotatable bonds is 9. The van der Waals surface area contributed by atoms with Crippen LogP contribution in [-0.2, 0) is 4.79 Å². The first-order valence-electron chi connectivity index (χ1n) is 10.3. The van der Waals surface area contributed by atoms with E-state index in [1.165, 1.54) is 41.6 Å². The molecule has 1 saturated heterocycles. The van der Waals surface area contributed by atoms with Crippen molar-refractivity contribution in [3.8, 4) is 5.75 Å². The lowest BCUT2D eigenvalue weighted by atomic mass is 10.2. The van der Waals surface area contributed by atoms with Crippen molar-refractivity contribution >= 4 is 51.2 Å². The third kappa shape index (κ3) is 5.89. The highest BCUT2D eigenvalue weighted by Gasteiger charge is 2.13. The minimum absolute atomic E-state index is 0.0645. The molecule has 0 aliphatic carbocycles. The minimum Gasteiger partial charge on any atom is -0.492 e. The van der Waals surface area contributed by atoms with Gasteiger partial charge in [-0.3, -0.25) is 4.79 Å². The SMILES string of the molecule is CCOc1ccccc1Nc1nnc(SCC(=O)Nc2ccc(N3CCCC3)cc2)s1. The van der Waals surface area contributed by atoms with Gasteiger partial charge in [0.25, 0.3) is 0 Å². The lowest BCUT2D eigenvalue weighted by molar-refractivity contribution is -0.113. The lowest BCUT2D eigenvalue weighted by Crippen LogP contribution is -2.18. The van der Waals surface area contributed by atoms with Crippen molar-refractivity contribution in [2.45, 2.75) is 24.1 Å². The van der Waals surface area contributed by atoms with Gasteiger partial charge in [-0.25, -0.2) is 0 Å². The Bertz CT molecular complexity index is 1000. The number of hydrogen-bond donors (Lipinski definition) is 2. The van der Waals surface area contributed by atoms with E-state index in [9.17, 15) is 4.79 Å². The maximum absolute atomic E-state index is 12.3. The van der Waals surface area contributed by atoms with Crippen LogP contribution in [0.3, 0.4) is 0 Å². The molecule has 0 unspecified atom stereocenters. The summed E-state index contributed by atoms with van der Waals surface area (Å²) in [5.74, 6) is 0.979. The summed E-state index contributed by atoms with van der Waals surface area (Å²) in [4.78, 5) is 14.7. The Hall–Kier alpha value is -2.78. The zero-order chi connectivity index (χ0) is 21.5. The molecule has 3 aromatic rings. The average Bonchev–Trinajstić information content (AvgIpc) is 3.47. The molecule has 2 N–H and O–H groups in total. The molecular formula is C22H25N5O2S2. The van der Waals surface area contributed by atoms with E-state index in [-0.39, 0.29) is 11.7 Å². The van der Waals surface area contributed by atoms with Crippen molar-refractivity contribution in [2.24, 2.45) is 0 Å². The van der Waals surface area contributed by atoms with Crippen molar-refractivity contribution < 1.29 is 9.53 Å². The molecule has 2 heterocycles. The fraction of sp³-hybridized carbons (Fsp3) is 0.318. The van der Waals surface area contributed by atoms with E-state index in [1.807, 2.05) is 43.3 Å². The predicted molar refractivity (Wildman–Crippen MR) is 128 cm³/mol. The number of nitrogens with zero attached hydrogens (tertiary/aromatic N) is 3. The highest BCUT2D eigenvalue weighted by molar-refractivity contribution is 8.01. The smallest absolute Gasteiger partial charge is 0.234 e. The predicted octanol–water partition coefficient (Wildman–Crippen LogP) is 5.01. The average molecular weight is 456 g/mol. The van der Waals surface area contributed by atoms with Crippen LogP contribution in [0.4, 0.5) is 22.2 Å². The number of aromatic nitrogens is 2. The van der Waals surface area contributed by atoms with Gasteiger partial charge in [-0.05, 0) is 56.2 Å². The Kier molecular flexibility index (Phi) is 7.26. The molecule has 1 aliphatic heterocycles. The fourth-order valence-electron chi connectivity index (χ4n) is 3.34. The third-order valence-corrected chi connectivity index (χ3v) is 6.76. The molecule has 162 valence electrons. The number of carbonyl (C=O) groups excluding carboxylic acids is 1. The van der Waals surface area contributed by atoms with E-state index < -0.39 is 0 Å². The van der Waals surface area contributed by atoms with Crippen LogP contribution in [-0.4, -0.2) is 41.6 Å². The zero-order valence-corrected chi connectivity index (χ0v) is 19.0. The molecule has 1 aromatic heterocycles. The molecule has 0 spiro atoms. The van der Waals surface area contributed by atoms with Crippen molar-refractivity contribution in [3.63, 3.8) is 0 Å². The Morgan fingerprint density at radius 1 is 1.13 bits per heavy atom. The Balaban J connectivity index is 1.27. The van der Waals surface area contributed by atoms with Crippen molar-refractivity contribution in [1.82, 2.24) is 10.2 Å². The maximum Gasteiger partial charge on any atom is 0.234 e. The van der Waals surface area contributed by atoms with Crippen LogP contribution in [0.25, 0.3) is 0 Å². The van der Waals surface area contributed by atoms with E-state index in [2.05, 4.69) is 37.9 Å². The summed E-state index contributed by atoms with van der Waals surface area (Å²) in [6.45, 7) is 4.76. The summed E-state index contributed by atoms with van der Waals surface area (Å²) >= 11 is 2.78. The molecule has 0 atom stereocenters. The molecule has 1 amide bonds. The van der Waals surface area contributed by atoms with Gasteiger partial charge in [0, 0.05) is 24.5 Å². The van der Waals surface area contributed by atoms with Gasteiger partial charge >= 0.3 is 0 Å². The largest absolute Gasteiger partial charge is 0.492 e. The number of para-hydroxylation sites is 2. The fourth-order valence-corrected chi connectivity index (χ4v) is 4.90. The summed E-state index contributed by atoms with van der Waals surface area (Å²) in [5, 5.41) is 15.2. The zero-order valence-electron chi connectivity index (χ0n) is 17.3. The number of benzene rings is 2. The van der Waals surface area contributed by atoms with Gasteiger partial charge < -0.3 is 20.3 Å². The van der Waals surface area contributed by atoms with Gasteiger partial charge in [0.15, 0.2) is 4.34 Å². The van der Waals surface area contributed by atoms with Crippen LogP contribution >= 0.6 is 23.1 Å². The summed E-state index contributed by atoms with van der Waals surface area (Å²) in [6, 6.07) is 15.7. The van der Waals surface area contributed by atoms with Crippen molar-refractivity contribution in [3.05, 3.63) is 48.5 Å². The number of nitrogens with one attached hydrogen (secondary N) is 2. The number of amides is 1. The first-order chi connectivity index (χ1) is 15.2. The lowest BCUT2D eigenvalue weighted by Gasteiger charge is -2.17. The number of carbonyl (C=O) groups is 1. The van der Waals surface area contributed by atoms with Crippen LogP contribution < -0.4 is 20.3 Å². The maximum atomic E-state index is 12.3.